The van der Waals surface area contributed by atoms with Crippen molar-refractivity contribution in [3.63, 3.8) is 0 Å². The summed E-state index contributed by atoms with van der Waals surface area (Å²) in [6.45, 7) is 1.04. The standard InChI is InChI=1S/C14H9F6N5O/c1-6(11(16)17)26-12-8(15)4-7(5-21-12)9-2-3-10-22-23-13(14(18,19)20)25(10)24-9/h2-6,11H,1H3. The number of alkyl halides is 5. The molecule has 0 aliphatic rings. The van der Waals surface area contributed by atoms with Crippen LogP contribution in [-0.2, 0) is 6.18 Å². The van der Waals surface area contributed by atoms with Gasteiger partial charge in [0.25, 0.3) is 18.1 Å². The van der Waals surface area contributed by atoms with Gasteiger partial charge in [-0.05, 0) is 25.1 Å². The van der Waals surface area contributed by atoms with Gasteiger partial charge in [0.15, 0.2) is 17.6 Å². The largest absolute Gasteiger partial charge is 0.466 e. The molecule has 0 N–H and O–H groups in total. The fraction of sp³-hybridized carbons (Fsp3) is 0.286. The molecule has 1 atom stereocenters. The summed E-state index contributed by atoms with van der Waals surface area (Å²) >= 11 is 0. The lowest BCUT2D eigenvalue weighted by Gasteiger charge is -2.13. The monoisotopic (exact) mass is 377 g/mol. The second-order valence-corrected chi connectivity index (χ2v) is 5.18. The molecule has 0 saturated carbocycles. The van der Waals surface area contributed by atoms with Crippen LogP contribution in [-0.4, -0.2) is 37.3 Å². The molecule has 0 bridgehead atoms. The predicted molar refractivity (Wildman–Crippen MR) is 75.1 cm³/mol. The van der Waals surface area contributed by atoms with Crippen LogP contribution in [0.15, 0.2) is 24.4 Å². The number of pyridine rings is 1. The number of aromatic nitrogens is 5. The van der Waals surface area contributed by atoms with Gasteiger partial charge in [0.2, 0.25) is 0 Å². The zero-order valence-corrected chi connectivity index (χ0v) is 12.9. The van der Waals surface area contributed by atoms with Gasteiger partial charge in [0.05, 0.1) is 5.69 Å². The molecule has 0 aliphatic heterocycles. The number of hydrogen-bond donors (Lipinski definition) is 0. The molecule has 26 heavy (non-hydrogen) atoms. The first kappa shape index (κ1) is 17.9. The van der Waals surface area contributed by atoms with Gasteiger partial charge >= 0.3 is 6.18 Å². The van der Waals surface area contributed by atoms with Gasteiger partial charge in [-0.1, -0.05) is 0 Å². The first-order chi connectivity index (χ1) is 12.2. The third-order valence-corrected chi connectivity index (χ3v) is 3.27. The van der Waals surface area contributed by atoms with Gasteiger partial charge in [0.1, 0.15) is 0 Å². The van der Waals surface area contributed by atoms with Gasteiger partial charge in [-0.25, -0.2) is 18.2 Å². The molecule has 0 spiro atoms. The molecular formula is C14H9F6N5O. The smallest absolute Gasteiger partial charge is 0.453 e. The number of ether oxygens (including phenoxy) is 1. The molecule has 3 heterocycles. The lowest BCUT2D eigenvalue weighted by molar-refractivity contribution is -0.146. The highest BCUT2D eigenvalue weighted by atomic mass is 19.4. The fourth-order valence-electron chi connectivity index (χ4n) is 2.00. The van der Waals surface area contributed by atoms with Crippen LogP contribution in [0.4, 0.5) is 26.3 Å². The van der Waals surface area contributed by atoms with E-state index in [0.29, 0.717) is 4.52 Å². The van der Waals surface area contributed by atoms with Crippen molar-refractivity contribution in [2.24, 2.45) is 0 Å². The van der Waals surface area contributed by atoms with Gasteiger partial charge in [-0.2, -0.15) is 22.8 Å². The average molecular weight is 377 g/mol. The van der Waals surface area contributed by atoms with E-state index in [1.165, 1.54) is 12.1 Å². The van der Waals surface area contributed by atoms with E-state index in [-0.39, 0.29) is 16.9 Å². The Morgan fingerprint density at radius 1 is 1.15 bits per heavy atom. The Balaban J connectivity index is 1.97. The molecule has 0 aromatic carbocycles. The predicted octanol–water partition coefficient (Wildman–Crippen LogP) is 3.38. The molecular weight excluding hydrogens is 368 g/mol. The molecule has 3 rings (SSSR count). The van der Waals surface area contributed by atoms with Crippen LogP contribution in [0.5, 0.6) is 5.88 Å². The highest BCUT2D eigenvalue weighted by molar-refractivity contribution is 5.59. The molecule has 138 valence electrons. The van der Waals surface area contributed by atoms with E-state index in [4.69, 9.17) is 0 Å². The molecule has 0 amide bonds. The quantitative estimate of drug-likeness (QED) is 0.653. The van der Waals surface area contributed by atoms with Gasteiger partial charge in [0, 0.05) is 11.8 Å². The highest BCUT2D eigenvalue weighted by Gasteiger charge is 2.37. The molecule has 0 radical (unpaired) electrons. The first-order valence-corrected chi connectivity index (χ1v) is 7.07. The molecule has 0 saturated heterocycles. The Bertz CT molecular complexity index is 941. The minimum absolute atomic E-state index is 0.0169. The Kier molecular flexibility index (Phi) is 4.42. The summed E-state index contributed by atoms with van der Waals surface area (Å²) in [5, 5.41) is 10.1. The van der Waals surface area contributed by atoms with Gasteiger partial charge in [-0.3, -0.25) is 0 Å². The number of hydrogen-bond acceptors (Lipinski definition) is 5. The topological polar surface area (TPSA) is 65.2 Å². The molecule has 0 aliphatic carbocycles. The van der Waals surface area contributed by atoms with Crippen LogP contribution in [0, 0.1) is 5.82 Å². The molecule has 3 aromatic rings. The van der Waals surface area contributed by atoms with Crippen LogP contribution in [0.25, 0.3) is 16.9 Å². The second-order valence-electron chi connectivity index (χ2n) is 5.18. The Morgan fingerprint density at radius 2 is 1.88 bits per heavy atom. The first-order valence-electron chi connectivity index (χ1n) is 7.07. The number of halogens is 6. The average Bonchev–Trinajstić information content (AvgIpc) is 2.99. The summed E-state index contributed by atoms with van der Waals surface area (Å²) in [4.78, 5) is 3.58. The van der Waals surface area contributed by atoms with Crippen LogP contribution in [0.1, 0.15) is 12.7 Å². The van der Waals surface area contributed by atoms with Crippen LogP contribution < -0.4 is 4.74 Å². The van der Waals surface area contributed by atoms with Crippen molar-refractivity contribution in [1.82, 2.24) is 24.8 Å². The molecule has 12 heteroatoms. The van der Waals surface area contributed by atoms with Crippen molar-refractivity contribution in [1.29, 1.82) is 0 Å². The van der Waals surface area contributed by atoms with Crippen LogP contribution >= 0.6 is 0 Å². The Labute approximate surface area is 141 Å². The lowest BCUT2D eigenvalue weighted by atomic mass is 10.2. The lowest BCUT2D eigenvalue weighted by Crippen LogP contribution is -2.22. The maximum Gasteiger partial charge on any atom is 0.453 e. The van der Waals surface area contributed by atoms with Crippen molar-refractivity contribution in [3.8, 4) is 17.1 Å². The van der Waals surface area contributed by atoms with E-state index >= 15 is 0 Å². The zero-order valence-electron chi connectivity index (χ0n) is 12.9. The molecule has 0 fully saturated rings. The van der Waals surface area contributed by atoms with E-state index in [9.17, 15) is 26.3 Å². The van der Waals surface area contributed by atoms with Crippen LogP contribution in [0.2, 0.25) is 0 Å². The Hall–Kier alpha value is -2.92. The minimum Gasteiger partial charge on any atom is -0.466 e. The summed E-state index contributed by atoms with van der Waals surface area (Å²) in [6.07, 6.45) is -8.15. The van der Waals surface area contributed by atoms with Crippen molar-refractivity contribution < 1.29 is 31.1 Å². The summed E-state index contributed by atoms with van der Waals surface area (Å²) in [5.41, 5.74) is -0.189. The van der Waals surface area contributed by atoms with Crippen molar-refractivity contribution in [3.05, 3.63) is 36.0 Å². The van der Waals surface area contributed by atoms with Crippen molar-refractivity contribution >= 4 is 5.65 Å². The zero-order chi connectivity index (χ0) is 19.1. The van der Waals surface area contributed by atoms with Crippen LogP contribution in [0.3, 0.4) is 0 Å². The molecule has 3 aromatic heterocycles. The van der Waals surface area contributed by atoms with Gasteiger partial charge in [-0.15, -0.1) is 10.2 Å². The maximum absolute atomic E-state index is 14.0. The Morgan fingerprint density at radius 3 is 2.50 bits per heavy atom. The SMILES string of the molecule is CC(Oc1ncc(-c2ccc3nnc(C(F)(F)F)n3n2)cc1F)C(F)F. The summed E-state index contributed by atoms with van der Waals surface area (Å²) < 4.78 is 82.7. The third-order valence-electron chi connectivity index (χ3n) is 3.27. The summed E-state index contributed by atoms with van der Waals surface area (Å²) in [7, 11) is 0. The van der Waals surface area contributed by atoms with Crippen molar-refractivity contribution in [2.75, 3.05) is 0 Å². The molecule has 6 nitrogen and oxygen atoms in total. The summed E-state index contributed by atoms with van der Waals surface area (Å²) in [5.74, 6) is -3.05. The number of nitrogens with zero attached hydrogens (tertiary/aromatic N) is 5. The number of fused-ring (bicyclic) bond motifs is 1. The van der Waals surface area contributed by atoms with E-state index < -0.39 is 36.2 Å². The highest BCUT2D eigenvalue weighted by Crippen LogP contribution is 2.28. The summed E-state index contributed by atoms with van der Waals surface area (Å²) in [6, 6.07) is 3.38. The number of rotatable bonds is 4. The van der Waals surface area contributed by atoms with Gasteiger partial charge < -0.3 is 4.74 Å². The van der Waals surface area contributed by atoms with Crippen molar-refractivity contribution in [2.45, 2.75) is 25.6 Å². The maximum atomic E-state index is 14.0. The molecule has 1 unspecified atom stereocenters. The van der Waals surface area contributed by atoms with E-state index in [0.717, 1.165) is 19.2 Å². The minimum atomic E-state index is -4.78. The third kappa shape index (κ3) is 3.39. The van der Waals surface area contributed by atoms with E-state index in [1.807, 2.05) is 0 Å². The van der Waals surface area contributed by atoms with E-state index in [1.54, 1.807) is 0 Å². The van der Waals surface area contributed by atoms with E-state index in [2.05, 4.69) is 25.0 Å². The second kappa shape index (κ2) is 6.42. The fourth-order valence-corrected chi connectivity index (χ4v) is 2.00. The normalized spacial score (nSPS) is 13.4.